The summed E-state index contributed by atoms with van der Waals surface area (Å²) in [6, 6.07) is 0. The third kappa shape index (κ3) is 3.63. The van der Waals surface area contributed by atoms with Crippen LogP contribution < -0.4 is 0 Å². The summed E-state index contributed by atoms with van der Waals surface area (Å²) < 4.78 is 0. The van der Waals surface area contributed by atoms with Crippen LogP contribution in [-0.2, 0) is 4.79 Å². The summed E-state index contributed by atoms with van der Waals surface area (Å²) in [4.78, 5) is 9.87. The van der Waals surface area contributed by atoms with Crippen LogP contribution in [0.5, 0.6) is 0 Å². The monoisotopic (exact) mass is 97.0 g/mol. The fourth-order valence-electron chi connectivity index (χ4n) is 0.151. The highest BCUT2D eigenvalue weighted by Crippen LogP contribution is 1.64. The highest BCUT2D eigenvalue weighted by molar-refractivity contribution is 6.60. The van der Waals surface area contributed by atoms with Gasteiger partial charge in [0.1, 0.15) is 15.6 Å². The third-order valence-corrected chi connectivity index (χ3v) is 0.485. The van der Waals surface area contributed by atoms with Crippen molar-refractivity contribution in [3.05, 3.63) is 12.2 Å². The largest absolute Gasteiger partial charge is 0.302 e. The highest BCUT2D eigenvalue weighted by atomic mass is 28.1. The minimum Gasteiger partial charge on any atom is -0.302 e. The Labute approximate surface area is 40.5 Å². The van der Waals surface area contributed by atoms with E-state index in [0.717, 1.165) is 0 Å². The van der Waals surface area contributed by atoms with Gasteiger partial charge in [-0.1, -0.05) is 6.08 Å². The second kappa shape index (κ2) is 2.84. The zero-order chi connectivity index (χ0) is 4.99. The van der Waals surface area contributed by atoms with Gasteiger partial charge in [0.2, 0.25) is 0 Å². The van der Waals surface area contributed by atoms with Crippen LogP contribution in [0.25, 0.3) is 0 Å². The summed E-state index contributed by atoms with van der Waals surface area (Å²) >= 11 is 0. The first-order chi connectivity index (χ1) is 2.77. The van der Waals surface area contributed by atoms with Crippen LogP contribution in [0.15, 0.2) is 12.2 Å². The molecule has 0 rings (SSSR count). The summed E-state index contributed by atoms with van der Waals surface area (Å²) in [5, 5.41) is -0.0856. The third-order valence-electron chi connectivity index (χ3n) is 0.318. The lowest BCUT2D eigenvalue weighted by atomic mass is 10.6. The second-order valence-electron chi connectivity index (χ2n) is 0.864. The maximum absolute atomic E-state index is 9.87. The minimum atomic E-state index is -0.0856. The maximum Gasteiger partial charge on any atom is 0.132 e. The van der Waals surface area contributed by atoms with Gasteiger partial charge in [-0.05, 0) is 13.0 Å². The molecule has 0 bridgehead atoms. The van der Waals surface area contributed by atoms with E-state index in [-0.39, 0.29) is 5.41 Å². The summed E-state index contributed by atoms with van der Waals surface area (Å²) in [5.74, 6) is 0. The van der Waals surface area contributed by atoms with Gasteiger partial charge in [0.05, 0.1) is 0 Å². The van der Waals surface area contributed by atoms with E-state index >= 15 is 0 Å². The normalized spacial score (nSPS) is 9.67. The molecule has 1 nitrogen and oxygen atoms in total. The van der Waals surface area contributed by atoms with Crippen molar-refractivity contribution in [2.75, 3.05) is 0 Å². The first-order valence-electron chi connectivity index (χ1n) is 1.65. The molecule has 0 amide bonds. The lowest BCUT2D eigenvalue weighted by Crippen LogP contribution is -1.85. The second-order valence-corrected chi connectivity index (χ2v) is 1.36. The molecule has 3 radical (unpaired) electrons. The quantitative estimate of drug-likeness (QED) is 0.339. The zero-order valence-corrected chi connectivity index (χ0v) is 4.56. The molecular weight excluding hydrogens is 92.1 g/mol. The predicted molar refractivity (Wildman–Crippen MR) is 25.6 cm³/mol. The van der Waals surface area contributed by atoms with Gasteiger partial charge in [-0.3, -0.25) is 0 Å². The van der Waals surface area contributed by atoms with Gasteiger partial charge in [-0.2, -0.15) is 0 Å². The van der Waals surface area contributed by atoms with E-state index in [9.17, 15) is 4.79 Å². The summed E-state index contributed by atoms with van der Waals surface area (Å²) in [5.41, 5.74) is 0. The van der Waals surface area contributed by atoms with Crippen LogP contribution in [0, 0.1) is 0 Å². The van der Waals surface area contributed by atoms with E-state index in [1.165, 1.54) is 6.08 Å². The number of hydrogen-bond acceptors (Lipinski definition) is 1. The van der Waals surface area contributed by atoms with Crippen LogP contribution in [0.2, 0.25) is 0 Å². The van der Waals surface area contributed by atoms with Crippen LogP contribution in [0.1, 0.15) is 6.92 Å². The first kappa shape index (κ1) is 5.63. The van der Waals surface area contributed by atoms with Gasteiger partial charge in [-0.15, -0.1) is 0 Å². The number of carbonyl (C=O) groups excluding carboxylic acids is 1. The zero-order valence-electron chi connectivity index (χ0n) is 3.56. The lowest BCUT2D eigenvalue weighted by molar-refractivity contribution is -0.107. The standard InChI is InChI=1S/C4H5OSi/c1-2-3-4(5)6/h2-3H,1H3. The van der Waals surface area contributed by atoms with E-state index in [1.807, 2.05) is 0 Å². The Kier molecular flexibility index (Phi) is 2.67. The highest BCUT2D eigenvalue weighted by Gasteiger charge is 1.73. The summed E-state index contributed by atoms with van der Waals surface area (Å²) in [7, 11) is 2.75. The molecule has 0 aliphatic carbocycles. The smallest absolute Gasteiger partial charge is 0.132 e. The Morgan fingerprint density at radius 2 is 2.33 bits per heavy atom. The molecular formula is C4H5OSi. The number of rotatable bonds is 1. The van der Waals surface area contributed by atoms with Crippen molar-refractivity contribution in [3.8, 4) is 0 Å². The molecule has 0 atom stereocenters. The van der Waals surface area contributed by atoms with Crippen molar-refractivity contribution in [2.45, 2.75) is 6.92 Å². The van der Waals surface area contributed by atoms with Crippen LogP contribution in [0.3, 0.4) is 0 Å². The van der Waals surface area contributed by atoms with Crippen molar-refractivity contribution >= 4 is 15.6 Å². The van der Waals surface area contributed by atoms with Gasteiger partial charge in [0, 0.05) is 0 Å². The Morgan fingerprint density at radius 1 is 1.83 bits per heavy atom. The fraction of sp³-hybridized carbons (Fsp3) is 0.250. The van der Waals surface area contributed by atoms with Crippen molar-refractivity contribution in [2.24, 2.45) is 0 Å². The molecule has 0 spiro atoms. The molecule has 0 aromatic heterocycles. The van der Waals surface area contributed by atoms with Crippen molar-refractivity contribution in [3.63, 3.8) is 0 Å². The molecule has 0 saturated carbocycles. The molecule has 0 aromatic carbocycles. The number of hydrogen-bond donors (Lipinski definition) is 0. The summed E-state index contributed by atoms with van der Waals surface area (Å²) in [6.07, 6.45) is 3.12. The molecule has 31 valence electrons. The van der Waals surface area contributed by atoms with Crippen LogP contribution in [-0.4, -0.2) is 15.6 Å². The van der Waals surface area contributed by atoms with Gasteiger partial charge in [0.15, 0.2) is 0 Å². The Bertz CT molecular complexity index is 75.6. The number of allylic oxidation sites excluding steroid dienone is 2. The molecule has 0 unspecified atom stereocenters. The minimum absolute atomic E-state index is 0.0856. The van der Waals surface area contributed by atoms with Gasteiger partial charge < -0.3 is 4.79 Å². The average Bonchev–Trinajstić information content (AvgIpc) is 1.35. The van der Waals surface area contributed by atoms with Gasteiger partial charge in [0.25, 0.3) is 0 Å². The molecule has 6 heavy (non-hydrogen) atoms. The van der Waals surface area contributed by atoms with Crippen molar-refractivity contribution in [1.29, 1.82) is 0 Å². The van der Waals surface area contributed by atoms with Crippen molar-refractivity contribution in [1.82, 2.24) is 0 Å². The molecule has 0 N–H and O–H groups in total. The van der Waals surface area contributed by atoms with E-state index in [0.29, 0.717) is 0 Å². The van der Waals surface area contributed by atoms with E-state index in [1.54, 1.807) is 13.0 Å². The van der Waals surface area contributed by atoms with E-state index in [2.05, 4.69) is 10.2 Å². The lowest BCUT2D eigenvalue weighted by Gasteiger charge is -1.67. The van der Waals surface area contributed by atoms with E-state index in [4.69, 9.17) is 0 Å². The molecule has 0 saturated heterocycles. The van der Waals surface area contributed by atoms with Crippen LogP contribution >= 0.6 is 0 Å². The fourth-order valence-corrected chi connectivity index (χ4v) is 0.318. The molecule has 0 aliphatic rings. The summed E-state index contributed by atoms with van der Waals surface area (Å²) in [6.45, 7) is 1.79. The predicted octanol–water partition coefficient (Wildman–Crippen LogP) is 0.258. The van der Waals surface area contributed by atoms with Gasteiger partial charge in [-0.25, -0.2) is 0 Å². The Hall–Kier alpha value is -0.373. The topological polar surface area (TPSA) is 17.1 Å². The Morgan fingerprint density at radius 3 is 2.33 bits per heavy atom. The SMILES string of the molecule is CC=CC(=O)[Si]. The average molecular weight is 97.2 g/mol. The molecule has 2 heteroatoms. The van der Waals surface area contributed by atoms with E-state index < -0.39 is 0 Å². The maximum atomic E-state index is 9.87. The first-order valence-corrected chi connectivity index (χ1v) is 2.15. The molecule has 0 aliphatic heterocycles. The number of carbonyl (C=O) groups is 1. The van der Waals surface area contributed by atoms with Crippen molar-refractivity contribution < 1.29 is 4.79 Å². The Balaban J connectivity index is 3.30. The molecule has 0 fully saturated rings. The van der Waals surface area contributed by atoms with Crippen LogP contribution in [0.4, 0.5) is 0 Å². The van der Waals surface area contributed by atoms with Gasteiger partial charge >= 0.3 is 0 Å². The molecule has 0 heterocycles. The molecule has 0 aromatic rings.